The molecule has 1 unspecified atom stereocenters. The summed E-state index contributed by atoms with van der Waals surface area (Å²) in [6, 6.07) is 0. The third-order valence-corrected chi connectivity index (χ3v) is 2.81. The fourth-order valence-corrected chi connectivity index (χ4v) is 2.03. The Balaban J connectivity index is 3.29. The van der Waals surface area contributed by atoms with Crippen LogP contribution in [0.1, 0.15) is 0 Å². The van der Waals surface area contributed by atoms with Gasteiger partial charge in [0, 0.05) is 5.41 Å². The Morgan fingerprint density at radius 1 is 1.33 bits per heavy atom. The normalized spacial score (nSPS) is 22.7. The van der Waals surface area contributed by atoms with E-state index in [1.807, 2.05) is 0 Å². The number of hydrogen-bond donors (Lipinski definition) is 0. The van der Waals surface area contributed by atoms with Crippen LogP contribution in [0.4, 0.5) is 0 Å². The molecular weight excluding hydrogens is 168 g/mol. The lowest BCUT2D eigenvalue weighted by Gasteiger charge is -2.11. The Morgan fingerprint density at radius 2 is 2.00 bits per heavy atom. The topological polar surface area (TPSA) is 17.1 Å². The van der Waals surface area contributed by atoms with Crippen LogP contribution in [0.25, 0.3) is 0 Å². The summed E-state index contributed by atoms with van der Waals surface area (Å²) in [4.78, 5) is 0.692. The first-order valence-electron chi connectivity index (χ1n) is 3.48. The predicted molar refractivity (Wildman–Crippen MR) is 53.8 cm³/mol. The zero-order valence-corrected chi connectivity index (χ0v) is 7.56. The molecule has 0 aromatic rings. The molecule has 0 bridgehead atoms. The Morgan fingerprint density at radius 3 is 2.42 bits per heavy atom. The molecule has 0 aromatic heterocycles. The zero-order valence-electron chi connectivity index (χ0n) is 6.75. The molecule has 1 heterocycles. The highest BCUT2D eigenvalue weighted by molar-refractivity contribution is 7.92. The van der Waals surface area contributed by atoms with Gasteiger partial charge in [-0.1, -0.05) is 31.9 Å². The molecule has 0 N–H and O–H groups in total. The molecule has 1 rings (SSSR count). The van der Waals surface area contributed by atoms with Crippen LogP contribution < -0.4 is 0 Å². The molecule has 1 aliphatic heterocycles. The smallest absolute Gasteiger partial charge is 0.0782 e. The van der Waals surface area contributed by atoms with Crippen LogP contribution in [0.3, 0.4) is 0 Å². The molecule has 0 aromatic carbocycles. The summed E-state index contributed by atoms with van der Waals surface area (Å²) in [5.74, 6) is 0. The zero-order chi connectivity index (χ0) is 9.14. The quantitative estimate of drug-likeness (QED) is 0.634. The maximum Gasteiger partial charge on any atom is 0.0782 e. The minimum absolute atomic E-state index is 0.692. The molecule has 2 heteroatoms. The van der Waals surface area contributed by atoms with Gasteiger partial charge in [-0.2, -0.15) is 0 Å². The van der Waals surface area contributed by atoms with Crippen molar-refractivity contribution in [3.8, 4) is 0 Å². The standard InChI is InChI=1S/C10H10OS/c1-4-9-8(3)6-7-12(11)10(9)5-2/h4-7H,1-3H2. The highest BCUT2D eigenvalue weighted by Gasteiger charge is 2.12. The van der Waals surface area contributed by atoms with E-state index in [-0.39, 0.29) is 0 Å². The van der Waals surface area contributed by atoms with Crippen LogP contribution in [-0.4, -0.2) is 4.21 Å². The molecule has 0 fully saturated rings. The number of hydrogen-bond acceptors (Lipinski definition) is 1. The van der Waals surface area contributed by atoms with Crippen molar-refractivity contribution in [2.24, 2.45) is 0 Å². The summed E-state index contributed by atoms with van der Waals surface area (Å²) >= 11 is 0. The molecular formula is C10H10OS. The Labute approximate surface area is 74.9 Å². The van der Waals surface area contributed by atoms with Crippen molar-refractivity contribution in [3.63, 3.8) is 0 Å². The van der Waals surface area contributed by atoms with Gasteiger partial charge >= 0.3 is 0 Å². The maximum atomic E-state index is 11.3. The van der Waals surface area contributed by atoms with Crippen molar-refractivity contribution in [2.45, 2.75) is 0 Å². The molecule has 62 valence electrons. The third-order valence-electron chi connectivity index (χ3n) is 1.61. The highest BCUT2D eigenvalue weighted by atomic mass is 32.2. The first-order chi connectivity index (χ1) is 5.70. The first kappa shape index (κ1) is 8.94. The Kier molecular flexibility index (Phi) is 2.61. The van der Waals surface area contributed by atoms with E-state index >= 15 is 0 Å². The fourth-order valence-electron chi connectivity index (χ4n) is 0.997. The van der Waals surface area contributed by atoms with Crippen LogP contribution >= 0.6 is 0 Å². The van der Waals surface area contributed by atoms with Gasteiger partial charge in [-0.25, -0.2) is 4.21 Å². The fraction of sp³-hybridized carbons (Fsp3) is 0. The summed E-state index contributed by atoms with van der Waals surface area (Å²) in [7, 11) is -1.08. The van der Waals surface area contributed by atoms with E-state index in [1.165, 1.54) is 0 Å². The van der Waals surface area contributed by atoms with Gasteiger partial charge in [0.1, 0.15) is 0 Å². The molecule has 1 nitrogen and oxygen atoms in total. The van der Waals surface area contributed by atoms with Gasteiger partial charge in [0.05, 0.1) is 15.7 Å². The van der Waals surface area contributed by atoms with Crippen LogP contribution in [0.15, 0.2) is 59.4 Å². The monoisotopic (exact) mass is 178 g/mol. The van der Waals surface area contributed by atoms with Gasteiger partial charge in [-0.3, -0.25) is 0 Å². The number of allylic oxidation sites excluding steroid dienone is 5. The van der Waals surface area contributed by atoms with E-state index in [4.69, 9.17) is 0 Å². The Bertz CT molecular complexity index is 300. The predicted octanol–water partition coefficient (Wildman–Crippen LogP) is 2.44. The molecule has 0 saturated carbocycles. The molecule has 1 aliphatic rings. The largest absolute Gasteiger partial charge is 0.250 e. The second-order valence-corrected chi connectivity index (χ2v) is 3.62. The molecule has 1 atom stereocenters. The molecule has 0 amide bonds. The molecule has 0 radical (unpaired) electrons. The van der Waals surface area contributed by atoms with Crippen LogP contribution in [0.5, 0.6) is 0 Å². The lowest BCUT2D eigenvalue weighted by molar-refractivity contribution is 0.692. The minimum Gasteiger partial charge on any atom is -0.250 e. The van der Waals surface area contributed by atoms with Gasteiger partial charge < -0.3 is 0 Å². The average Bonchev–Trinajstić information content (AvgIpc) is 2.08. The molecule has 0 aliphatic carbocycles. The average molecular weight is 178 g/mol. The van der Waals surface area contributed by atoms with Crippen LogP contribution in [-0.2, 0) is 10.8 Å². The lowest BCUT2D eigenvalue weighted by Crippen LogP contribution is -1.99. The maximum absolute atomic E-state index is 11.3. The van der Waals surface area contributed by atoms with Crippen molar-refractivity contribution in [3.05, 3.63) is 59.4 Å². The van der Waals surface area contributed by atoms with Gasteiger partial charge in [0.15, 0.2) is 0 Å². The summed E-state index contributed by atoms with van der Waals surface area (Å²) < 4.78 is 11.3. The highest BCUT2D eigenvalue weighted by Crippen LogP contribution is 2.24. The first-order valence-corrected chi connectivity index (χ1v) is 4.69. The second kappa shape index (κ2) is 3.50. The molecule has 0 saturated heterocycles. The van der Waals surface area contributed by atoms with E-state index in [0.29, 0.717) is 4.91 Å². The Hall–Kier alpha value is -1.15. The summed E-state index contributed by atoms with van der Waals surface area (Å²) in [5.41, 5.74) is 1.66. The van der Waals surface area contributed by atoms with E-state index in [1.54, 1.807) is 23.6 Å². The van der Waals surface area contributed by atoms with Crippen molar-refractivity contribution in [1.29, 1.82) is 0 Å². The van der Waals surface area contributed by atoms with Gasteiger partial charge in [0.2, 0.25) is 0 Å². The summed E-state index contributed by atoms with van der Waals surface area (Å²) in [5, 5.41) is 1.60. The van der Waals surface area contributed by atoms with Crippen molar-refractivity contribution < 1.29 is 4.21 Å². The van der Waals surface area contributed by atoms with E-state index in [0.717, 1.165) is 11.1 Å². The van der Waals surface area contributed by atoms with E-state index < -0.39 is 10.8 Å². The van der Waals surface area contributed by atoms with Crippen molar-refractivity contribution >= 4 is 10.8 Å². The van der Waals surface area contributed by atoms with Gasteiger partial charge in [0.25, 0.3) is 0 Å². The van der Waals surface area contributed by atoms with Crippen molar-refractivity contribution in [1.82, 2.24) is 0 Å². The second-order valence-electron chi connectivity index (χ2n) is 2.31. The summed E-state index contributed by atoms with van der Waals surface area (Å²) in [6.45, 7) is 11.0. The van der Waals surface area contributed by atoms with Crippen LogP contribution in [0, 0.1) is 0 Å². The van der Waals surface area contributed by atoms with E-state index in [2.05, 4.69) is 19.7 Å². The molecule has 0 spiro atoms. The van der Waals surface area contributed by atoms with Gasteiger partial charge in [-0.15, -0.1) is 0 Å². The lowest BCUT2D eigenvalue weighted by atomic mass is 10.1. The van der Waals surface area contributed by atoms with Crippen molar-refractivity contribution in [2.75, 3.05) is 0 Å². The summed E-state index contributed by atoms with van der Waals surface area (Å²) in [6.07, 6.45) is 4.97. The van der Waals surface area contributed by atoms with Crippen LogP contribution in [0.2, 0.25) is 0 Å². The van der Waals surface area contributed by atoms with E-state index in [9.17, 15) is 4.21 Å². The SMILES string of the molecule is C=CC1=C(C=C)S(=O)C=CC1=C. The third kappa shape index (κ3) is 1.38. The molecule has 12 heavy (non-hydrogen) atoms. The van der Waals surface area contributed by atoms with Gasteiger partial charge in [-0.05, 0) is 17.2 Å². The minimum atomic E-state index is -1.08. The number of rotatable bonds is 2.